The van der Waals surface area contributed by atoms with Gasteiger partial charge in [-0.15, -0.1) is 0 Å². The summed E-state index contributed by atoms with van der Waals surface area (Å²) in [5, 5.41) is 3.44. The fourth-order valence-corrected chi connectivity index (χ4v) is 3.28. The van der Waals surface area contributed by atoms with Crippen molar-refractivity contribution < 1.29 is 23.0 Å². The number of hydrogen-bond acceptors (Lipinski definition) is 4. The smallest absolute Gasteiger partial charge is 0.411 e. The Labute approximate surface area is 173 Å². The molecule has 0 saturated carbocycles. The lowest BCUT2D eigenvalue weighted by molar-refractivity contribution is -0.0497. The molecule has 0 unspecified atom stereocenters. The average molecular weight is 417 g/mol. The number of aryl methyl sites for hydroxylation is 1. The van der Waals surface area contributed by atoms with E-state index in [4.69, 9.17) is 10.5 Å². The molecule has 3 rings (SSSR count). The largest absolute Gasteiger partial charge is 0.449 e. The van der Waals surface area contributed by atoms with Crippen LogP contribution in [-0.2, 0) is 11.3 Å². The number of aromatic nitrogens is 1. The molecule has 0 fully saturated rings. The van der Waals surface area contributed by atoms with Gasteiger partial charge in [-0.25, -0.2) is 4.79 Å². The molecule has 2 aromatic carbocycles. The van der Waals surface area contributed by atoms with Crippen molar-refractivity contribution in [2.24, 2.45) is 5.92 Å². The molecule has 0 radical (unpaired) electrons. The van der Waals surface area contributed by atoms with E-state index in [1.165, 1.54) is 6.07 Å². The number of anilines is 2. The first-order chi connectivity index (χ1) is 14.3. The highest BCUT2D eigenvalue weighted by Crippen LogP contribution is 2.38. The highest BCUT2D eigenvalue weighted by molar-refractivity contribution is 6.01. The summed E-state index contributed by atoms with van der Waals surface area (Å²) < 4.78 is 36.7. The lowest BCUT2D eigenvalue weighted by atomic mass is 10.1. The van der Waals surface area contributed by atoms with Gasteiger partial charge in [-0.1, -0.05) is 26.0 Å². The molecule has 3 N–H and O–H groups in total. The van der Waals surface area contributed by atoms with E-state index >= 15 is 0 Å². The number of carbonyl (C=O) groups excluding carboxylic acids is 1. The fourth-order valence-electron chi connectivity index (χ4n) is 3.28. The lowest BCUT2D eigenvalue weighted by Crippen LogP contribution is -2.16. The maximum atomic E-state index is 12.6. The van der Waals surface area contributed by atoms with Crippen LogP contribution >= 0.6 is 0 Å². The number of nitrogens with one attached hydrogen (secondary N) is 1. The number of hydrogen-bond donors (Lipinski definition) is 2. The number of nitrogen functional groups attached to an aromatic ring is 1. The average Bonchev–Trinajstić information content (AvgIpc) is 2.97. The summed E-state index contributed by atoms with van der Waals surface area (Å²) in [6.07, 6.45) is -0.509. The third-order valence-corrected chi connectivity index (χ3v) is 4.57. The molecule has 0 saturated heterocycles. The number of rotatable bonds is 7. The Kier molecular flexibility index (Phi) is 6.44. The predicted molar refractivity (Wildman–Crippen MR) is 114 cm³/mol. The Morgan fingerprint density at radius 1 is 1.17 bits per heavy atom. The summed E-state index contributed by atoms with van der Waals surface area (Å²) in [7, 11) is 0. The maximum Gasteiger partial charge on any atom is 0.411 e. The molecule has 30 heavy (non-hydrogen) atoms. The molecular formula is C22H25F2N3O3. The molecule has 0 aliphatic heterocycles. The van der Waals surface area contributed by atoms with Crippen molar-refractivity contribution in [2.45, 2.75) is 33.9 Å². The molecule has 160 valence electrons. The van der Waals surface area contributed by atoms with E-state index in [1.54, 1.807) is 24.3 Å². The van der Waals surface area contributed by atoms with Gasteiger partial charge in [0.2, 0.25) is 0 Å². The minimum absolute atomic E-state index is 0.0794. The van der Waals surface area contributed by atoms with Crippen molar-refractivity contribution in [3.63, 3.8) is 0 Å². The summed E-state index contributed by atoms with van der Waals surface area (Å²) in [4.78, 5) is 11.8. The van der Waals surface area contributed by atoms with E-state index in [1.807, 2.05) is 37.5 Å². The fraction of sp³-hybridized carbons (Fsp3) is 0.318. The quantitative estimate of drug-likeness (QED) is 0.516. The van der Waals surface area contributed by atoms with Gasteiger partial charge in [0.05, 0.1) is 23.5 Å². The number of nitrogens with two attached hydrogens (primary N) is 1. The van der Waals surface area contributed by atoms with Crippen LogP contribution in [0.15, 0.2) is 42.5 Å². The van der Waals surface area contributed by atoms with Gasteiger partial charge in [-0.05, 0) is 37.1 Å². The topological polar surface area (TPSA) is 78.5 Å². The molecule has 8 heteroatoms. The second-order valence-corrected chi connectivity index (χ2v) is 7.26. The van der Waals surface area contributed by atoms with Gasteiger partial charge in [0.25, 0.3) is 0 Å². The van der Waals surface area contributed by atoms with Crippen molar-refractivity contribution in [1.29, 1.82) is 0 Å². The first kappa shape index (κ1) is 21.4. The van der Waals surface area contributed by atoms with Gasteiger partial charge in [0.15, 0.2) is 0 Å². The van der Waals surface area contributed by atoms with Crippen LogP contribution in [0.2, 0.25) is 0 Å². The summed E-state index contributed by atoms with van der Waals surface area (Å²) in [5.41, 5.74) is 9.85. The molecule has 0 aliphatic carbocycles. The van der Waals surface area contributed by atoms with Crippen LogP contribution in [0.5, 0.6) is 5.75 Å². The van der Waals surface area contributed by atoms with Crippen molar-refractivity contribution in [1.82, 2.24) is 4.57 Å². The molecule has 6 nitrogen and oxygen atoms in total. The minimum Gasteiger partial charge on any atom is -0.449 e. The molecule has 0 atom stereocenters. The van der Waals surface area contributed by atoms with Crippen LogP contribution < -0.4 is 15.8 Å². The standard InChI is InChI=1S/C22H25F2N3O3/c1-4-27-18-11-16(30-21(23)24)9-10-17(18)19(25)20(27)14-5-7-15(8-6-14)26-22(28)29-12-13(2)3/h5-11,13,21H,4,12,25H2,1-3H3,(H,26,28). The van der Waals surface area contributed by atoms with Crippen LogP contribution in [0.1, 0.15) is 20.8 Å². The number of amides is 1. The molecule has 1 amide bonds. The zero-order valence-electron chi connectivity index (χ0n) is 17.1. The number of halogens is 2. The zero-order valence-corrected chi connectivity index (χ0v) is 17.1. The number of benzene rings is 2. The molecule has 0 spiro atoms. The van der Waals surface area contributed by atoms with Gasteiger partial charge >= 0.3 is 12.7 Å². The monoisotopic (exact) mass is 417 g/mol. The summed E-state index contributed by atoms with van der Waals surface area (Å²) in [6.45, 7) is 3.90. The van der Waals surface area contributed by atoms with Gasteiger partial charge in [-0.2, -0.15) is 8.78 Å². The number of alkyl halides is 2. The zero-order chi connectivity index (χ0) is 21.8. The highest BCUT2D eigenvalue weighted by Gasteiger charge is 2.17. The summed E-state index contributed by atoms with van der Waals surface area (Å²) in [6, 6.07) is 11.9. The van der Waals surface area contributed by atoms with Crippen LogP contribution in [-0.4, -0.2) is 23.9 Å². The van der Waals surface area contributed by atoms with Crippen molar-refractivity contribution in [2.75, 3.05) is 17.7 Å². The van der Waals surface area contributed by atoms with E-state index in [0.717, 1.165) is 16.6 Å². The number of nitrogens with zero attached hydrogens (tertiary/aromatic N) is 1. The van der Waals surface area contributed by atoms with Crippen molar-refractivity contribution in [3.8, 4) is 17.0 Å². The number of carbonyl (C=O) groups is 1. The summed E-state index contributed by atoms with van der Waals surface area (Å²) >= 11 is 0. The van der Waals surface area contributed by atoms with Gasteiger partial charge < -0.3 is 19.8 Å². The Morgan fingerprint density at radius 3 is 2.47 bits per heavy atom. The second kappa shape index (κ2) is 9.02. The molecular weight excluding hydrogens is 392 g/mol. The molecule has 1 heterocycles. The van der Waals surface area contributed by atoms with E-state index in [-0.39, 0.29) is 11.7 Å². The third kappa shape index (κ3) is 4.64. The molecule has 0 bridgehead atoms. The summed E-state index contributed by atoms with van der Waals surface area (Å²) in [5.74, 6) is 0.333. The van der Waals surface area contributed by atoms with E-state index in [2.05, 4.69) is 10.1 Å². The molecule has 3 aromatic rings. The van der Waals surface area contributed by atoms with Crippen molar-refractivity contribution in [3.05, 3.63) is 42.5 Å². The Balaban J connectivity index is 1.90. The third-order valence-electron chi connectivity index (χ3n) is 4.57. The second-order valence-electron chi connectivity index (χ2n) is 7.26. The van der Waals surface area contributed by atoms with Crippen LogP contribution in [0.4, 0.5) is 25.0 Å². The van der Waals surface area contributed by atoms with E-state index < -0.39 is 12.7 Å². The maximum absolute atomic E-state index is 12.6. The van der Waals surface area contributed by atoms with Crippen LogP contribution in [0.3, 0.4) is 0 Å². The van der Waals surface area contributed by atoms with E-state index in [9.17, 15) is 13.6 Å². The molecule has 1 aromatic heterocycles. The molecule has 0 aliphatic rings. The van der Waals surface area contributed by atoms with Gasteiger partial charge in [0.1, 0.15) is 5.75 Å². The van der Waals surface area contributed by atoms with E-state index in [0.29, 0.717) is 30.0 Å². The van der Waals surface area contributed by atoms with Gasteiger partial charge in [-0.3, -0.25) is 5.32 Å². The van der Waals surface area contributed by atoms with Crippen molar-refractivity contribution >= 4 is 28.4 Å². The SMILES string of the molecule is CCn1c(-c2ccc(NC(=O)OCC(C)C)cc2)c(N)c2ccc(OC(F)F)cc21. The van der Waals surface area contributed by atoms with Gasteiger partial charge in [0, 0.05) is 29.2 Å². The first-order valence-corrected chi connectivity index (χ1v) is 9.70. The number of ether oxygens (including phenoxy) is 2. The Morgan fingerprint density at radius 2 is 1.87 bits per heavy atom. The lowest BCUT2D eigenvalue weighted by Gasteiger charge is -2.11. The minimum atomic E-state index is -2.89. The highest BCUT2D eigenvalue weighted by atomic mass is 19.3. The number of fused-ring (bicyclic) bond motifs is 1. The Hall–Kier alpha value is -3.29. The van der Waals surface area contributed by atoms with Crippen LogP contribution in [0.25, 0.3) is 22.2 Å². The predicted octanol–water partition coefficient (Wildman–Crippen LogP) is 5.72. The van der Waals surface area contributed by atoms with Crippen LogP contribution in [0, 0.1) is 5.92 Å². The Bertz CT molecular complexity index is 1030. The normalized spacial score (nSPS) is 11.3. The first-order valence-electron chi connectivity index (χ1n) is 9.70.